The fraction of sp³-hybridized carbons (Fsp3) is 0.588. The van der Waals surface area contributed by atoms with Crippen LogP contribution in [0.15, 0.2) is 24.3 Å². The molecule has 1 unspecified atom stereocenters. The van der Waals surface area contributed by atoms with E-state index in [1.54, 1.807) is 6.07 Å². The number of nitrogens with zero attached hydrogens (tertiary/aromatic N) is 1. The van der Waals surface area contributed by atoms with Gasteiger partial charge in [0.2, 0.25) is 5.91 Å². The standard InChI is InChI=1S/C17H21ClFNO/c18-10-13-9-16(21)20(11-13)12-17(7-3-4-8-17)14-5-1-2-6-15(14)19/h1-2,5-6,13H,3-4,7-12H2. The zero-order chi connectivity index (χ0) is 14.9. The van der Waals surface area contributed by atoms with Gasteiger partial charge in [-0.05, 0) is 30.4 Å². The van der Waals surface area contributed by atoms with Crippen molar-refractivity contribution < 1.29 is 9.18 Å². The molecule has 1 amide bonds. The topological polar surface area (TPSA) is 20.3 Å². The molecule has 2 fully saturated rings. The maximum absolute atomic E-state index is 14.3. The number of hydrogen-bond acceptors (Lipinski definition) is 1. The van der Waals surface area contributed by atoms with Crippen LogP contribution < -0.4 is 0 Å². The number of likely N-dealkylation sites (tertiary alicyclic amines) is 1. The highest BCUT2D eigenvalue weighted by molar-refractivity contribution is 6.18. The Balaban J connectivity index is 1.86. The zero-order valence-corrected chi connectivity index (χ0v) is 12.9. The Morgan fingerprint density at radius 2 is 2.00 bits per heavy atom. The van der Waals surface area contributed by atoms with Crippen molar-refractivity contribution >= 4 is 17.5 Å². The molecule has 3 rings (SSSR count). The molecule has 2 aliphatic rings. The van der Waals surface area contributed by atoms with Crippen molar-refractivity contribution in [3.63, 3.8) is 0 Å². The lowest BCUT2D eigenvalue weighted by Gasteiger charge is -2.34. The average molecular weight is 310 g/mol. The SMILES string of the molecule is O=C1CC(CCl)CN1CC1(c2ccccc2F)CCCC1. The Hall–Kier alpha value is -1.09. The van der Waals surface area contributed by atoms with E-state index in [-0.39, 0.29) is 23.1 Å². The molecule has 114 valence electrons. The fourth-order valence-electron chi connectivity index (χ4n) is 3.93. The van der Waals surface area contributed by atoms with E-state index in [9.17, 15) is 9.18 Å². The van der Waals surface area contributed by atoms with Crippen LogP contribution in [0.25, 0.3) is 0 Å². The highest BCUT2D eigenvalue weighted by atomic mass is 35.5. The summed E-state index contributed by atoms with van der Waals surface area (Å²) in [5.74, 6) is 0.802. The van der Waals surface area contributed by atoms with Gasteiger partial charge in [0.1, 0.15) is 5.82 Å². The summed E-state index contributed by atoms with van der Waals surface area (Å²) in [5, 5.41) is 0. The van der Waals surface area contributed by atoms with Crippen LogP contribution >= 0.6 is 11.6 Å². The summed E-state index contributed by atoms with van der Waals surface area (Å²) < 4.78 is 14.3. The summed E-state index contributed by atoms with van der Waals surface area (Å²) in [4.78, 5) is 14.1. The van der Waals surface area contributed by atoms with Gasteiger partial charge >= 0.3 is 0 Å². The van der Waals surface area contributed by atoms with E-state index >= 15 is 0 Å². The van der Waals surface area contributed by atoms with E-state index in [2.05, 4.69) is 0 Å². The van der Waals surface area contributed by atoms with Crippen LogP contribution in [0, 0.1) is 11.7 Å². The minimum atomic E-state index is -0.206. The Morgan fingerprint density at radius 3 is 2.62 bits per heavy atom. The van der Waals surface area contributed by atoms with Gasteiger partial charge in [0.05, 0.1) is 0 Å². The summed E-state index contributed by atoms with van der Waals surface area (Å²) in [6.45, 7) is 1.36. The van der Waals surface area contributed by atoms with Gasteiger partial charge in [-0.3, -0.25) is 4.79 Å². The summed E-state index contributed by atoms with van der Waals surface area (Å²) >= 11 is 5.89. The first kappa shape index (κ1) is 14.8. The second-order valence-corrected chi connectivity index (χ2v) is 6.77. The molecule has 2 nitrogen and oxygen atoms in total. The third-order valence-corrected chi connectivity index (χ3v) is 5.45. The van der Waals surface area contributed by atoms with Crippen molar-refractivity contribution in [1.82, 2.24) is 4.90 Å². The van der Waals surface area contributed by atoms with Crippen LogP contribution in [0.3, 0.4) is 0 Å². The normalized spacial score (nSPS) is 24.8. The molecule has 0 N–H and O–H groups in total. The molecule has 4 heteroatoms. The number of rotatable bonds is 4. The Bertz CT molecular complexity index is 527. The molecule has 0 aromatic heterocycles. The van der Waals surface area contributed by atoms with Crippen LogP contribution in [-0.2, 0) is 10.2 Å². The lowest BCUT2D eigenvalue weighted by molar-refractivity contribution is -0.128. The predicted molar refractivity (Wildman–Crippen MR) is 82.0 cm³/mol. The summed E-state index contributed by atoms with van der Waals surface area (Å²) in [6, 6.07) is 7.04. The van der Waals surface area contributed by atoms with E-state index < -0.39 is 0 Å². The Labute approximate surface area is 130 Å². The lowest BCUT2D eigenvalue weighted by Crippen LogP contribution is -2.40. The predicted octanol–water partition coefficient (Wildman–Crippen LogP) is 3.72. The van der Waals surface area contributed by atoms with Crippen LogP contribution in [0.4, 0.5) is 4.39 Å². The molecule has 1 aromatic rings. The molecule has 1 saturated carbocycles. The van der Waals surface area contributed by atoms with Crippen molar-refractivity contribution in [3.05, 3.63) is 35.6 Å². The molecule has 21 heavy (non-hydrogen) atoms. The van der Waals surface area contributed by atoms with E-state index in [1.165, 1.54) is 6.07 Å². The van der Waals surface area contributed by atoms with Crippen LogP contribution in [0.5, 0.6) is 0 Å². The van der Waals surface area contributed by atoms with E-state index in [1.807, 2.05) is 17.0 Å². The van der Waals surface area contributed by atoms with Crippen LogP contribution in [0.1, 0.15) is 37.7 Å². The van der Waals surface area contributed by atoms with Crippen molar-refractivity contribution in [2.24, 2.45) is 5.92 Å². The second kappa shape index (κ2) is 5.96. The maximum atomic E-state index is 14.3. The Morgan fingerprint density at radius 1 is 1.29 bits per heavy atom. The molecule has 0 bridgehead atoms. The number of alkyl halides is 1. The average Bonchev–Trinajstić information content (AvgIpc) is 3.08. The number of carbonyl (C=O) groups is 1. The number of hydrogen-bond donors (Lipinski definition) is 0. The summed E-state index contributed by atoms with van der Waals surface area (Å²) in [6.07, 6.45) is 4.67. The number of halogens is 2. The largest absolute Gasteiger partial charge is 0.341 e. The minimum Gasteiger partial charge on any atom is -0.341 e. The molecule has 0 spiro atoms. The monoisotopic (exact) mass is 309 g/mol. The smallest absolute Gasteiger partial charge is 0.222 e. The molecular weight excluding hydrogens is 289 g/mol. The Kier molecular flexibility index (Phi) is 4.21. The van der Waals surface area contributed by atoms with Gasteiger partial charge < -0.3 is 4.90 Å². The molecule has 1 heterocycles. The second-order valence-electron chi connectivity index (χ2n) is 6.47. The van der Waals surface area contributed by atoms with Crippen molar-refractivity contribution in [1.29, 1.82) is 0 Å². The van der Waals surface area contributed by atoms with Gasteiger partial charge in [-0.25, -0.2) is 4.39 Å². The van der Waals surface area contributed by atoms with E-state index in [0.29, 0.717) is 18.8 Å². The van der Waals surface area contributed by atoms with Crippen LogP contribution in [-0.4, -0.2) is 29.8 Å². The number of carbonyl (C=O) groups excluding carboxylic acids is 1. The number of amides is 1. The molecule has 1 aromatic carbocycles. The third kappa shape index (κ3) is 2.80. The van der Waals surface area contributed by atoms with Gasteiger partial charge in [-0.1, -0.05) is 31.0 Å². The van der Waals surface area contributed by atoms with E-state index in [4.69, 9.17) is 11.6 Å². The molecule has 1 atom stereocenters. The third-order valence-electron chi connectivity index (χ3n) is 5.01. The lowest BCUT2D eigenvalue weighted by atomic mass is 9.78. The first-order chi connectivity index (χ1) is 10.1. The first-order valence-corrected chi connectivity index (χ1v) is 8.27. The minimum absolute atomic E-state index is 0.139. The van der Waals surface area contributed by atoms with Gasteiger partial charge in [0, 0.05) is 30.8 Å². The van der Waals surface area contributed by atoms with Gasteiger partial charge in [0.15, 0.2) is 0 Å². The van der Waals surface area contributed by atoms with Crippen molar-refractivity contribution in [3.8, 4) is 0 Å². The highest BCUT2D eigenvalue weighted by Gasteiger charge is 2.42. The highest BCUT2D eigenvalue weighted by Crippen LogP contribution is 2.43. The van der Waals surface area contributed by atoms with Gasteiger partial charge in [0.25, 0.3) is 0 Å². The van der Waals surface area contributed by atoms with Crippen molar-refractivity contribution in [2.45, 2.75) is 37.5 Å². The summed E-state index contributed by atoms with van der Waals surface area (Å²) in [7, 11) is 0. The van der Waals surface area contributed by atoms with Gasteiger partial charge in [-0.2, -0.15) is 0 Å². The fourth-order valence-corrected chi connectivity index (χ4v) is 4.14. The first-order valence-electron chi connectivity index (χ1n) is 7.73. The zero-order valence-electron chi connectivity index (χ0n) is 12.2. The quantitative estimate of drug-likeness (QED) is 0.776. The summed E-state index contributed by atoms with van der Waals surface area (Å²) in [5.41, 5.74) is 0.576. The van der Waals surface area contributed by atoms with Crippen molar-refractivity contribution in [2.75, 3.05) is 19.0 Å². The van der Waals surface area contributed by atoms with Gasteiger partial charge in [-0.15, -0.1) is 11.6 Å². The molecule has 0 radical (unpaired) electrons. The van der Waals surface area contributed by atoms with Crippen LogP contribution in [0.2, 0.25) is 0 Å². The molecular formula is C17H21ClFNO. The number of benzene rings is 1. The molecule has 1 aliphatic heterocycles. The van der Waals surface area contributed by atoms with E-state index in [0.717, 1.165) is 37.8 Å². The maximum Gasteiger partial charge on any atom is 0.222 e. The molecule has 1 aliphatic carbocycles. The molecule has 1 saturated heterocycles.